The molecule has 0 spiro atoms. The molecule has 0 aliphatic rings. The highest BCUT2D eigenvalue weighted by molar-refractivity contribution is 6.30. The lowest BCUT2D eigenvalue weighted by molar-refractivity contribution is 0.189. The maximum atomic E-state index is 6.22. The fraction of sp³-hybridized carbons (Fsp3) is 0.750. The van der Waals surface area contributed by atoms with Crippen molar-refractivity contribution < 1.29 is 4.74 Å². The van der Waals surface area contributed by atoms with E-state index in [4.69, 9.17) is 16.3 Å². The molecular formula is C12H22ClN3O. The molecule has 1 heterocycles. The summed E-state index contributed by atoms with van der Waals surface area (Å²) in [5.74, 6) is 0. The SMILES string of the molecule is CNC(CCCOC)Cc1c(C)nn(C)c1Cl. The van der Waals surface area contributed by atoms with E-state index >= 15 is 0 Å². The van der Waals surface area contributed by atoms with E-state index in [2.05, 4.69) is 10.4 Å². The van der Waals surface area contributed by atoms with Crippen molar-refractivity contribution in [1.29, 1.82) is 0 Å². The van der Waals surface area contributed by atoms with Gasteiger partial charge in [-0.1, -0.05) is 11.6 Å². The van der Waals surface area contributed by atoms with Gasteiger partial charge in [0.05, 0.1) is 5.69 Å². The van der Waals surface area contributed by atoms with Crippen molar-refractivity contribution in [3.8, 4) is 0 Å². The van der Waals surface area contributed by atoms with Crippen LogP contribution in [0.4, 0.5) is 0 Å². The van der Waals surface area contributed by atoms with Crippen LogP contribution in [0.2, 0.25) is 5.15 Å². The summed E-state index contributed by atoms with van der Waals surface area (Å²) < 4.78 is 6.80. The lowest BCUT2D eigenvalue weighted by Gasteiger charge is -2.15. The van der Waals surface area contributed by atoms with Gasteiger partial charge in [0, 0.05) is 32.4 Å². The second-order valence-electron chi connectivity index (χ2n) is 4.30. The van der Waals surface area contributed by atoms with Gasteiger partial charge in [-0.3, -0.25) is 4.68 Å². The molecule has 0 aliphatic carbocycles. The third-order valence-corrected chi connectivity index (χ3v) is 3.50. The number of hydrogen-bond donors (Lipinski definition) is 1. The van der Waals surface area contributed by atoms with Crippen LogP contribution in [-0.2, 0) is 18.2 Å². The highest BCUT2D eigenvalue weighted by Gasteiger charge is 2.15. The minimum atomic E-state index is 0.422. The number of likely N-dealkylation sites (N-methyl/N-ethyl adjacent to an activating group) is 1. The lowest BCUT2D eigenvalue weighted by atomic mass is 10.0. The fourth-order valence-electron chi connectivity index (χ4n) is 1.97. The number of rotatable bonds is 7. The van der Waals surface area contributed by atoms with Crippen LogP contribution in [0.5, 0.6) is 0 Å². The molecule has 1 aromatic rings. The quantitative estimate of drug-likeness (QED) is 0.761. The van der Waals surface area contributed by atoms with Gasteiger partial charge in [0.1, 0.15) is 5.15 Å². The summed E-state index contributed by atoms with van der Waals surface area (Å²) in [6.07, 6.45) is 3.05. The molecule has 0 amide bonds. The zero-order valence-electron chi connectivity index (χ0n) is 11.1. The summed E-state index contributed by atoms with van der Waals surface area (Å²) in [5.41, 5.74) is 2.16. The van der Waals surface area contributed by atoms with E-state index in [-0.39, 0.29) is 0 Å². The van der Waals surface area contributed by atoms with E-state index in [9.17, 15) is 0 Å². The molecule has 17 heavy (non-hydrogen) atoms. The van der Waals surface area contributed by atoms with Gasteiger partial charge in [0.15, 0.2) is 0 Å². The molecule has 1 N–H and O–H groups in total. The van der Waals surface area contributed by atoms with Crippen LogP contribution in [0.3, 0.4) is 0 Å². The summed E-state index contributed by atoms with van der Waals surface area (Å²) in [6.45, 7) is 2.81. The van der Waals surface area contributed by atoms with Gasteiger partial charge < -0.3 is 10.1 Å². The largest absolute Gasteiger partial charge is 0.385 e. The van der Waals surface area contributed by atoms with Crippen LogP contribution in [0.1, 0.15) is 24.1 Å². The Balaban J connectivity index is 2.60. The Hall–Kier alpha value is -0.580. The first-order valence-corrected chi connectivity index (χ1v) is 6.32. The predicted octanol–water partition coefficient (Wildman–Crippen LogP) is 1.94. The zero-order chi connectivity index (χ0) is 12.8. The van der Waals surface area contributed by atoms with E-state index in [0.29, 0.717) is 6.04 Å². The zero-order valence-corrected chi connectivity index (χ0v) is 11.8. The molecule has 1 atom stereocenters. The van der Waals surface area contributed by atoms with Crippen LogP contribution in [0, 0.1) is 6.92 Å². The Morgan fingerprint density at radius 2 is 2.24 bits per heavy atom. The van der Waals surface area contributed by atoms with E-state index in [1.54, 1.807) is 11.8 Å². The predicted molar refractivity (Wildman–Crippen MR) is 70.6 cm³/mol. The molecule has 0 aromatic carbocycles. The van der Waals surface area contributed by atoms with Crippen LogP contribution in [-0.4, -0.2) is 36.6 Å². The van der Waals surface area contributed by atoms with Gasteiger partial charge in [0.2, 0.25) is 0 Å². The second-order valence-corrected chi connectivity index (χ2v) is 4.66. The standard InChI is InChI=1S/C12H22ClN3O/c1-9-11(12(13)16(3)15-9)8-10(14-2)6-5-7-17-4/h10,14H,5-8H2,1-4H3. The Morgan fingerprint density at radius 3 is 2.71 bits per heavy atom. The smallest absolute Gasteiger partial charge is 0.130 e. The maximum absolute atomic E-state index is 6.22. The molecule has 0 saturated heterocycles. The summed E-state index contributed by atoms with van der Waals surface area (Å²) in [4.78, 5) is 0. The van der Waals surface area contributed by atoms with Crippen molar-refractivity contribution in [3.05, 3.63) is 16.4 Å². The van der Waals surface area contributed by atoms with Crippen molar-refractivity contribution in [2.24, 2.45) is 7.05 Å². The Kier molecular flexibility index (Phi) is 5.95. The number of ether oxygens (including phenoxy) is 1. The van der Waals surface area contributed by atoms with E-state index < -0.39 is 0 Å². The first kappa shape index (κ1) is 14.5. The average Bonchev–Trinajstić information content (AvgIpc) is 2.54. The third kappa shape index (κ3) is 3.98. The van der Waals surface area contributed by atoms with Crippen LogP contribution in [0.15, 0.2) is 0 Å². The highest BCUT2D eigenvalue weighted by atomic mass is 35.5. The minimum Gasteiger partial charge on any atom is -0.385 e. The van der Waals surface area contributed by atoms with E-state index in [1.165, 1.54) is 0 Å². The molecule has 1 aromatic heterocycles. The van der Waals surface area contributed by atoms with Crippen molar-refractivity contribution >= 4 is 11.6 Å². The van der Waals surface area contributed by atoms with Gasteiger partial charge in [-0.25, -0.2) is 0 Å². The van der Waals surface area contributed by atoms with E-state index in [1.807, 2.05) is 21.0 Å². The van der Waals surface area contributed by atoms with Gasteiger partial charge >= 0.3 is 0 Å². The fourth-order valence-corrected chi connectivity index (χ4v) is 2.23. The number of nitrogens with one attached hydrogen (secondary N) is 1. The summed E-state index contributed by atoms with van der Waals surface area (Å²) in [6, 6.07) is 0.422. The van der Waals surface area contributed by atoms with Crippen molar-refractivity contribution in [3.63, 3.8) is 0 Å². The molecule has 5 heteroatoms. The molecule has 0 bridgehead atoms. The molecule has 1 rings (SSSR count). The van der Waals surface area contributed by atoms with Gasteiger partial charge in [0.25, 0.3) is 0 Å². The summed E-state index contributed by atoms with van der Waals surface area (Å²) in [5, 5.41) is 8.39. The van der Waals surface area contributed by atoms with Crippen LogP contribution >= 0.6 is 11.6 Å². The number of aryl methyl sites for hydroxylation is 2. The highest BCUT2D eigenvalue weighted by Crippen LogP contribution is 2.21. The van der Waals surface area contributed by atoms with Crippen molar-refractivity contribution in [1.82, 2.24) is 15.1 Å². The minimum absolute atomic E-state index is 0.422. The summed E-state index contributed by atoms with van der Waals surface area (Å²) >= 11 is 6.22. The van der Waals surface area contributed by atoms with Crippen molar-refractivity contribution in [2.75, 3.05) is 20.8 Å². The van der Waals surface area contributed by atoms with E-state index in [0.717, 1.165) is 42.3 Å². The van der Waals surface area contributed by atoms with Gasteiger partial charge in [-0.05, 0) is 33.2 Å². The summed E-state index contributed by atoms with van der Waals surface area (Å²) in [7, 11) is 5.59. The van der Waals surface area contributed by atoms with Crippen molar-refractivity contribution in [2.45, 2.75) is 32.2 Å². The number of hydrogen-bond acceptors (Lipinski definition) is 3. The number of aromatic nitrogens is 2. The molecular weight excluding hydrogens is 238 g/mol. The number of methoxy groups -OCH3 is 1. The molecule has 98 valence electrons. The topological polar surface area (TPSA) is 39.1 Å². The molecule has 4 nitrogen and oxygen atoms in total. The molecule has 0 fully saturated rings. The Labute approximate surface area is 108 Å². The Bertz CT molecular complexity index is 352. The van der Waals surface area contributed by atoms with Gasteiger partial charge in [-0.2, -0.15) is 5.10 Å². The normalized spacial score (nSPS) is 13.0. The molecule has 0 saturated carbocycles. The first-order valence-electron chi connectivity index (χ1n) is 5.94. The number of nitrogens with zero attached hydrogens (tertiary/aromatic N) is 2. The molecule has 0 aliphatic heterocycles. The maximum Gasteiger partial charge on any atom is 0.130 e. The second kappa shape index (κ2) is 6.99. The first-order chi connectivity index (χ1) is 8.10. The van der Waals surface area contributed by atoms with Gasteiger partial charge in [-0.15, -0.1) is 0 Å². The molecule has 1 unspecified atom stereocenters. The van der Waals surface area contributed by atoms with Crippen LogP contribution in [0.25, 0.3) is 0 Å². The van der Waals surface area contributed by atoms with Crippen LogP contribution < -0.4 is 5.32 Å². The lowest BCUT2D eigenvalue weighted by Crippen LogP contribution is -2.28. The average molecular weight is 260 g/mol. The Morgan fingerprint density at radius 1 is 1.53 bits per heavy atom. The molecule has 0 radical (unpaired) electrons. The number of halogens is 1. The third-order valence-electron chi connectivity index (χ3n) is 3.03. The monoisotopic (exact) mass is 259 g/mol.